The maximum atomic E-state index is 13.3. The van der Waals surface area contributed by atoms with Gasteiger partial charge in [0.05, 0.1) is 0 Å². The Hall–Kier alpha value is -1.00. The quantitative estimate of drug-likeness (QED) is 0.891. The third-order valence-corrected chi connectivity index (χ3v) is 4.25. The van der Waals surface area contributed by atoms with Gasteiger partial charge in [-0.25, -0.2) is 8.78 Å². The number of rotatable bonds is 5. The Morgan fingerprint density at radius 3 is 2.35 bits per heavy atom. The van der Waals surface area contributed by atoms with Gasteiger partial charge < -0.3 is 10.2 Å². The zero-order chi connectivity index (χ0) is 14.5. The fourth-order valence-electron chi connectivity index (χ4n) is 2.85. The molecule has 0 saturated carbocycles. The van der Waals surface area contributed by atoms with Crippen LogP contribution in [0.1, 0.15) is 37.8 Å². The minimum atomic E-state index is -0.507. The first-order valence-electron chi connectivity index (χ1n) is 7.44. The van der Waals surface area contributed by atoms with Gasteiger partial charge >= 0.3 is 0 Å². The van der Waals surface area contributed by atoms with Gasteiger partial charge in [0.25, 0.3) is 0 Å². The lowest BCUT2D eigenvalue weighted by molar-refractivity contribution is 0.185. The number of hydrogen-bond donors (Lipinski definition) is 1. The highest BCUT2D eigenvalue weighted by Crippen LogP contribution is 2.21. The van der Waals surface area contributed by atoms with Crippen LogP contribution < -0.4 is 5.32 Å². The summed E-state index contributed by atoms with van der Waals surface area (Å²) >= 11 is 0. The summed E-state index contributed by atoms with van der Waals surface area (Å²) in [7, 11) is 1.84. The van der Waals surface area contributed by atoms with E-state index in [1.165, 1.54) is 25.0 Å². The maximum absolute atomic E-state index is 13.3. The lowest BCUT2D eigenvalue weighted by atomic mass is 9.98. The van der Waals surface area contributed by atoms with Crippen LogP contribution in [0.3, 0.4) is 0 Å². The molecule has 0 radical (unpaired) electrons. The molecular formula is C16H24F2N2. The fourth-order valence-corrected chi connectivity index (χ4v) is 2.85. The van der Waals surface area contributed by atoms with E-state index in [2.05, 4.69) is 17.1 Å². The van der Waals surface area contributed by atoms with E-state index in [-0.39, 0.29) is 6.04 Å². The number of likely N-dealkylation sites (tertiary alicyclic amines) is 1. The molecule has 1 aliphatic rings. The molecule has 0 spiro atoms. The van der Waals surface area contributed by atoms with Crippen molar-refractivity contribution in [2.24, 2.45) is 5.92 Å². The number of piperidine rings is 1. The van der Waals surface area contributed by atoms with Crippen LogP contribution in [0.4, 0.5) is 8.78 Å². The van der Waals surface area contributed by atoms with E-state index in [0.717, 1.165) is 38.0 Å². The third-order valence-electron chi connectivity index (χ3n) is 4.25. The minimum absolute atomic E-state index is 0.000417. The molecule has 0 aliphatic carbocycles. The van der Waals surface area contributed by atoms with Crippen molar-refractivity contribution in [3.05, 3.63) is 35.4 Å². The van der Waals surface area contributed by atoms with Crippen LogP contribution in [0.5, 0.6) is 0 Å². The van der Waals surface area contributed by atoms with E-state index in [1.54, 1.807) is 0 Å². The van der Waals surface area contributed by atoms with Gasteiger partial charge in [-0.1, -0.05) is 6.92 Å². The van der Waals surface area contributed by atoms with E-state index in [0.29, 0.717) is 5.56 Å². The number of benzene rings is 1. The summed E-state index contributed by atoms with van der Waals surface area (Å²) in [6.45, 7) is 5.53. The Labute approximate surface area is 120 Å². The SMILES string of the molecule is CNC(CCN1CCC(C)CC1)c1cc(F)cc(F)c1. The molecule has 1 heterocycles. The topological polar surface area (TPSA) is 15.3 Å². The molecule has 0 aromatic heterocycles. The summed E-state index contributed by atoms with van der Waals surface area (Å²) < 4.78 is 26.6. The third kappa shape index (κ3) is 4.25. The average molecular weight is 282 g/mol. The number of nitrogens with zero attached hydrogens (tertiary/aromatic N) is 1. The van der Waals surface area contributed by atoms with Gasteiger partial charge in [0, 0.05) is 12.1 Å². The van der Waals surface area contributed by atoms with Gasteiger partial charge in [-0.2, -0.15) is 0 Å². The first kappa shape index (κ1) is 15.4. The molecule has 2 nitrogen and oxygen atoms in total. The van der Waals surface area contributed by atoms with Crippen molar-refractivity contribution in [2.45, 2.75) is 32.2 Å². The normalized spacial score (nSPS) is 19.2. The first-order valence-corrected chi connectivity index (χ1v) is 7.44. The molecule has 1 atom stereocenters. The molecule has 1 aliphatic heterocycles. The Kier molecular flexibility index (Phi) is 5.49. The van der Waals surface area contributed by atoms with Crippen molar-refractivity contribution in [1.29, 1.82) is 0 Å². The van der Waals surface area contributed by atoms with Gasteiger partial charge in [0.2, 0.25) is 0 Å². The van der Waals surface area contributed by atoms with Gasteiger partial charge in [-0.05, 0) is 69.6 Å². The fraction of sp³-hybridized carbons (Fsp3) is 0.625. The lowest BCUT2D eigenvalue weighted by Gasteiger charge is -2.31. The first-order chi connectivity index (χ1) is 9.58. The van der Waals surface area contributed by atoms with E-state index in [1.807, 2.05) is 7.05 Å². The Balaban J connectivity index is 1.91. The monoisotopic (exact) mass is 282 g/mol. The molecule has 112 valence electrons. The maximum Gasteiger partial charge on any atom is 0.126 e. The molecule has 1 aromatic rings. The van der Waals surface area contributed by atoms with Crippen molar-refractivity contribution < 1.29 is 8.78 Å². The van der Waals surface area contributed by atoms with Crippen LogP contribution in [0.25, 0.3) is 0 Å². The van der Waals surface area contributed by atoms with E-state index in [9.17, 15) is 8.78 Å². The van der Waals surface area contributed by atoms with Crippen molar-refractivity contribution >= 4 is 0 Å². The summed E-state index contributed by atoms with van der Waals surface area (Å²) in [5, 5.41) is 3.16. The number of nitrogens with one attached hydrogen (secondary N) is 1. The van der Waals surface area contributed by atoms with Crippen LogP contribution in [0.15, 0.2) is 18.2 Å². The van der Waals surface area contributed by atoms with E-state index in [4.69, 9.17) is 0 Å². The molecule has 0 bridgehead atoms. The van der Waals surface area contributed by atoms with Crippen LogP contribution in [0, 0.1) is 17.6 Å². The summed E-state index contributed by atoms with van der Waals surface area (Å²) in [5.41, 5.74) is 0.690. The van der Waals surface area contributed by atoms with Crippen molar-refractivity contribution in [3.63, 3.8) is 0 Å². The summed E-state index contributed by atoms with van der Waals surface area (Å²) in [5.74, 6) is -0.192. The molecule has 1 unspecified atom stereocenters. The van der Waals surface area contributed by atoms with Crippen molar-refractivity contribution in [2.75, 3.05) is 26.7 Å². The van der Waals surface area contributed by atoms with Crippen LogP contribution >= 0.6 is 0 Å². The Morgan fingerprint density at radius 1 is 1.20 bits per heavy atom. The van der Waals surface area contributed by atoms with Crippen molar-refractivity contribution in [3.8, 4) is 0 Å². The van der Waals surface area contributed by atoms with Gasteiger partial charge in [-0.3, -0.25) is 0 Å². The number of hydrogen-bond acceptors (Lipinski definition) is 2. The standard InChI is InChI=1S/C16H24F2N2/c1-12-3-6-20(7-4-12)8-5-16(19-2)13-9-14(17)11-15(18)10-13/h9-12,16,19H,3-8H2,1-2H3. The van der Waals surface area contributed by atoms with E-state index < -0.39 is 11.6 Å². The second-order valence-corrected chi connectivity index (χ2v) is 5.86. The van der Waals surface area contributed by atoms with Crippen LogP contribution in [-0.4, -0.2) is 31.6 Å². The zero-order valence-corrected chi connectivity index (χ0v) is 12.3. The molecule has 1 fully saturated rings. The zero-order valence-electron chi connectivity index (χ0n) is 12.3. The smallest absolute Gasteiger partial charge is 0.126 e. The molecule has 0 amide bonds. The lowest BCUT2D eigenvalue weighted by Crippen LogP contribution is -2.35. The molecule has 4 heteroatoms. The average Bonchev–Trinajstić information content (AvgIpc) is 2.40. The second kappa shape index (κ2) is 7.14. The predicted molar refractivity (Wildman–Crippen MR) is 77.6 cm³/mol. The summed E-state index contributed by atoms with van der Waals surface area (Å²) in [4.78, 5) is 2.44. The summed E-state index contributed by atoms with van der Waals surface area (Å²) in [6.07, 6.45) is 3.37. The van der Waals surface area contributed by atoms with Crippen LogP contribution in [0.2, 0.25) is 0 Å². The number of halogens is 2. The Bertz CT molecular complexity index is 408. The highest BCUT2D eigenvalue weighted by molar-refractivity contribution is 5.21. The Morgan fingerprint density at radius 2 is 1.80 bits per heavy atom. The largest absolute Gasteiger partial charge is 0.313 e. The van der Waals surface area contributed by atoms with Crippen molar-refractivity contribution in [1.82, 2.24) is 10.2 Å². The predicted octanol–water partition coefficient (Wildman–Crippen LogP) is 3.35. The van der Waals surface area contributed by atoms with Gasteiger partial charge in [0.1, 0.15) is 11.6 Å². The second-order valence-electron chi connectivity index (χ2n) is 5.86. The summed E-state index contributed by atoms with van der Waals surface area (Å²) in [6, 6.07) is 3.76. The molecule has 20 heavy (non-hydrogen) atoms. The van der Waals surface area contributed by atoms with Gasteiger partial charge in [0.15, 0.2) is 0 Å². The minimum Gasteiger partial charge on any atom is -0.313 e. The van der Waals surface area contributed by atoms with Gasteiger partial charge in [-0.15, -0.1) is 0 Å². The highest BCUT2D eigenvalue weighted by Gasteiger charge is 2.18. The molecule has 2 rings (SSSR count). The van der Waals surface area contributed by atoms with Crippen LogP contribution in [-0.2, 0) is 0 Å². The van der Waals surface area contributed by atoms with E-state index >= 15 is 0 Å². The molecule has 1 N–H and O–H groups in total. The highest BCUT2D eigenvalue weighted by atomic mass is 19.1. The molecule has 1 saturated heterocycles. The molecule has 1 aromatic carbocycles. The molecular weight excluding hydrogens is 258 g/mol.